The summed E-state index contributed by atoms with van der Waals surface area (Å²) in [5, 5.41) is -0.266. The first kappa shape index (κ1) is 21.7. The number of aryl methyl sites for hydroxylation is 1. The van der Waals surface area contributed by atoms with E-state index in [-0.39, 0.29) is 17.7 Å². The van der Waals surface area contributed by atoms with Crippen LogP contribution in [-0.2, 0) is 17.9 Å². The van der Waals surface area contributed by atoms with Crippen molar-refractivity contribution in [1.29, 1.82) is 0 Å². The molecule has 0 aromatic heterocycles. The van der Waals surface area contributed by atoms with Crippen molar-refractivity contribution in [3.8, 4) is 11.5 Å². The molecule has 0 N–H and O–H groups in total. The third-order valence-electron chi connectivity index (χ3n) is 5.02. The molecule has 0 aliphatic carbocycles. The number of thioether (sulfide) groups is 1. The third-order valence-corrected chi connectivity index (χ3v) is 5.93. The Morgan fingerprint density at radius 1 is 0.906 bits per heavy atom. The first-order valence-corrected chi connectivity index (χ1v) is 11.0. The molecule has 1 aliphatic rings. The highest BCUT2D eigenvalue weighted by Crippen LogP contribution is 2.35. The van der Waals surface area contributed by atoms with Crippen LogP contribution in [0.25, 0.3) is 6.08 Å². The van der Waals surface area contributed by atoms with E-state index in [4.69, 9.17) is 9.47 Å². The highest BCUT2D eigenvalue weighted by molar-refractivity contribution is 8.18. The Kier molecular flexibility index (Phi) is 6.61. The molecule has 4 rings (SSSR count). The fraction of sp³-hybridized carbons (Fsp3) is 0.154. The van der Waals surface area contributed by atoms with Crippen LogP contribution in [0.4, 0.5) is 4.79 Å². The summed E-state index contributed by atoms with van der Waals surface area (Å²) in [4.78, 5) is 27.0. The van der Waals surface area contributed by atoms with Crippen molar-refractivity contribution < 1.29 is 19.1 Å². The number of nitrogens with zero attached hydrogens (tertiary/aromatic N) is 1. The molecule has 5 nitrogen and oxygen atoms in total. The van der Waals surface area contributed by atoms with Gasteiger partial charge in [0.1, 0.15) is 6.61 Å². The van der Waals surface area contributed by atoms with Crippen LogP contribution in [0.15, 0.2) is 77.7 Å². The summed E-state index contributed by atoms with van der Waals surface area (Å²) in [6, 6.07) is 23.1. The Labute approximate surface area is 191 Å². The van der Waals surface area contributed by atoms with Crippen LogP contribution in [-0.4, -0.2) is 23.2 Å². The summed E-state index contributed by atoms with van der Waals surface area (Å²) in [6.07, 6.45) is 1.71. The molecular formula is C26H23NO4S. The van der Waals surface area contributed by atoms with Crippen LogP contribution in [0, 0.1) is 6.92 Å². The first-order valence-electron chi connectivity index (χ1n) is 10.2. The minimum absolute atomic E-state index is 0.263. The fourth-order valence-corrected chi connectivity index (χ4v) is 4.25. The lowest BCUT2D eigenvalue weighted by Gasteiger charge is -2.13. The molecule has 1 aliphatic heterocycles. The Balaban J connectivity index is 1.49. The molecule has 162 valence electrons. The van der Waals surface area contributed by atoms with E-state index < -0.39 is 0 Å². The summed E-state index contributed by atoms with van der Waals surface area (Å²) < 4.78 is 11.4. The average Bonchev–Trinajstić information content (AvgIpc) is 3.06. The minimum Gasteiger partial charge on any atom is -0.493 e. The predicted molar refractivity (Wildman–Crippen MR) is 126 cm³/mol. The van der Waals surface area contributed by atoms with E-state index in [1.165, 1.54) is 4.90 Å². The van der Waals surface area contributed by atoms with Gasteiger partial charge in [0.2, 0.25) is 0 Å². The van der Waals surface area contributed by atoms with E-state index in [1.807, 2.05) is 73.7 Å². The highest BCUT2D eigenvalue weighted by atomic mass is 32.2. The van der Waals surface area contributed by atoms with E-state index >= 15 is 0 Å². The number of carbonyl (C=O) groups is 2. The summed E-state index contributed by atoms with van der Waals surface area (Å²) in [6.45, 7) is 2.67. The second-order valence-electron chi connectivity index (χ2n) is 7.44. The third kappa shape index (κ3) is 5.03. The lowest BCUT2D eigenvalue weighted by molar-refractivity contribution is -0.123. The van der Waals surface area contributed by atoms with Crippen molar-refractivity contribution in [3.63, 3.8) is 0 Å². The van der Waals surface area contributed by atoms with E-state index in [0.29, 0.717) is 23.0 Å². The van der Waals surface area contributed by atoms with Crippen molar-refractivity contribution in [3.05, 3.63) is 100.0 Å². The topological polar surface area (TPSA) is 55.8 Å². The predicted octanol–water partition coefficient (Wildman–Crippen LogP) is 5.82. The molecule has 0 unspecified atom stereocenters. The normalized spacial score (nSPS) is 14.8. The lowest BCUT2D eigenvalue weighted by atomic mass is 10.1. The molecule has 6 heteroatoms. The van der Waals surface area contributed by atoms with Crippen molar-refractivity contribution >= 4 is 29.0 Å². The molecule has 0 bridgehead atoms. The van der Waals surface area contributed by atoms with Gasteiger partial charge >= 0.3 is 0 Å². The van der Waals surface area contributed by atoms with Gasteiger partial charge in [-0.3, -0.25) is 14.5 Å². The van der Waals surface area contributed by atoms with Crippen molar-refractivity contribution in [2.45, 2.75) is 20.1 Å². The van der Waals surface area contributed by atoms with Gasteiger partial charge in [-0.15, -0.1) is 0 Å². The Morgan fingerprint density at radius 3 is 2.44 bits per heavy atom. The molecular weight excluding hydrogens is 422 g/mol. The van der Waals surface area contributed by atoms with Gasteiger partial charge < -0.3 is 9.47 Å². The van der Waals surface area contributed by atoms with Crippen LogP contribution in [0.1, 0.15) is 22.3 Å². The zero-order valence-electron chi connectivity index (χ0n) is 17.9. The summed E-state index contributed by atoms with van der Waals surface area (Å²) in [5.74, 6) is 0.889. The van der Waals surface area contributed by atoms with Crippen molar-refractivity contribution in [1.82, 2.24) is 4.90 Å². The summed E-state index contributed by atoms with van der Waals surface area (Å²) in [7, 11) is 1.57. The Morgan fingerprint density at radius 2 is 1.69 bits per heavy atom. The molecule has 3 aromatic carbocycles. The van der Waals surface area contributed by atoms with Gasteiger partial charge in [-0.2, -0.15) is 0 Å². The van der Waals surface area contributed by atoms with Gasteiger partial charge in [0, 0.05) is 0 Å². The molecule has 1 heterocycles. The number of hydrogen-bond acceptors (Lipinski definition) is 5. The highest BCUT2D eigenvalue weighted by Gasteiger charge is 2.35. The number of methoxy groups -OCH3 is 1. The largest absolute Gasteiger partial charge is 0.493 e. The molecule has 1 fully saturated rings. The quantitative estimate of drug-likeness (QED) is 0.429. The van der Waals surface area contributed by atoms with Crippen LogP contribution in [0.3, 0.4) is 0 Å². The van der Waals surface area contributed by atoms with E-state index in [9.17, 15) is 9.59 Å². The molecule has 0 radical (unpaired) electrons. The number of imide groups is 1. The van der Waals surface area contributed by atoms with Crippen LogP contribution >= 0.6 is 11.8 Å². The number of benzene rings is 3. The molecule has 2 amide bonds. The molecule has 1 saturated heterocycles. The monoisotopic (exact) mass is 445 g/mol. The molecule has 0 spiro atoms. The van der Waals surface area contributed by atoms with Gasteiger partial charge in [0.25, 0.3) is 11.1 Å². The first-order chi connectivity index (χ1) is 15.5. The van der Waals surface area contributed by atoms with Gasteiger partial charge in [-0.1, -0.05) is 66.2 Å². The van der Waals surface area contributed by atoms with Crippen molar-refractivity contribution in [2.75, 3.05) is 7.11 Å². The maximum Gasteiger partial charge on any atom is 0.293 e. The smallest absolute Gasteiger partial charge is 0.293 e. The molecule has 3 aromatic rings. The number of hydrogen-bond donors (Lipinski definition) is 0. The van der Waals surface area contributed by atoms with Gasteiger partial charge in [-0.25, -0.2) is 0 Å². The van der Waals surface area contributed by atoms with Crippen LogP contribution in [0.5, 0.6) is 11.5 Å². The number of rotatable bonds is 7. The summed E-state index contributed by atoms with van der Waals surface area (Å²) >= 11 is 0.952. The van der Waals surface area contributed by atoms with Crippen LogP contribution < -0.4 is 9.47 Å². The van der Waals surface area contributed by atoms with Crippen LogP contribution in [0.2, 0.25) is 0 Å². The Hall–Kier alpha value is -3.51. The van der Waals surface area contributed by atoms with E-state index in [1.54, 1.807) is 19.3 Å². The zero-order valence-corrected chi connectivity index (χ0v) is 18.7. The van der Waals surface area contributed by atoms with Crippen molar-refractivity contribution in [2.24, 2.45) is 0 Å². The average molecular weight is 446 g/mol. The molecule has 0 saturated carbocycles. The van der Waals surface area contributed by atoms with Gasteiger partial charge in [0.15, 0.2) is 11.5 Å². The maximum absolute atomic E-state index is 12.9. The second-order valence-corrected chi connectivity index (χ2v) is 8.43. The Bertz CT molecular complexity index is 1170. The lowest BCUT2D eigenvalue weighted by Crippen LogP contribution is -2.27. The van der Waals surface area contributed by atoms with E-state index in [0.717, 1.165) is 34.0 Å². The number of amides is 2. The summed E-state index contributed by atoms with van der Waals surface area (Å²) in [5.41, 5.74) is 3.83. The number of carbonyl (C=O) groups excluding carboxylic acids is 2. The SMILES string of the molecule is COc1cc(/C=C2\SC(=O)N(Cc3cccc(C)c3)C2=O)ccc1OCc1ccccc1. The van der Waals surface area contributed by atoms with Gasteiger partial charge in [-0.05, 0) is 53.6 Å². The zero-order chi connectivity index (χ0) is 22.5. The number of ether oxygens (including phenoxy) is 2. The fourth-order valence-electron chi connectivity index (χ4n) is 3.41. The molecule has 0 atom stereocenters. The second kappa shape index (κ2) is 9.75. The minimum atomic E-state index is -0.287. The molecule has 32 heavy (non-hydrogen) atoms. The van der Waals surface area contributed by atoms with Gasteiger partial charge in [0.05, 0.1) is 18.6 Å². The van der Waals surface area contributed by atoms with E-state index in [2.05, 4.69) is 0 Å². The maximum atomic E-state index is 12.9. The standard InChI is InChI=1S/C26H23NO4S/c1-18-7-6-10-21(13-18)16-27-25(28)24(32-26(27)29)15-20-11-12-22(23(14-20)30-2)31-17-19-8-4-3-5-9-19/h3-15H,16-17H2,1-2H3/b24-15-.